The quantitative estimate of drug-likeness (QED) is 0.757. The molecule has 1 aliphatic carbocycles. The van der Waals surface area contributed by atoms with Crippen molar-refractivity contribution in [2.24, 2.45) is 23.2 Å². The van der Waals surface area contributed by atoms with Crippen LogP contribution in [0.4, 0.5) is 0 Å². The minimum Gasteiger partial charge on any atom is -0.481 e. The van der Waals surface area contributed by atoms with E-state index < -0.39 is 23.2 Å². The molecule has 110 valence electrons. The predicted molar refractivity (Wildman–Crippen MR) is 73.7 cm³/mol. The Hall–Kier alpha value is -1.10. The van der Waals surface area contributed by atoms with Crippen LogP contribution in [-0.4, -0.2) is 48.6 Å². The van der Waals surface area contributed by atoms with Crippen LogP contribution in [-0.2, 0) is 9.59 Å². The lowest BCUT2D eigenvalue weighted by molar-refractivity contribution is -0.140. The van der Waals surface area contributed by atoms with E-state index in [2.05, 4.69) is 24.1 Å². The molecule has 1 amide bonds. The highest BCUT2D eigenvalue weighted by Gasteiger charge is 2.65. The summed E-state index contributed by atoms with van der Waals surface area (Å²) in [6.07, 6.45) is 0. The fourth-order valence-electron chi connectivity index (χ4n) is 2.92. The van der Waals surface area contributed by atoms with Crippen molar-refractivity contribution < 1.29 is 14.7 Å². The van der Waals surface area contributed by atoms with Crippen LogP contribution in [0.2, 0.25) is 0 Å². The topological polar surface area (TPSA) is 69.6 Å². The maximum atomic E-state index is 12.1. The molecule has 0 saturated heterocycles. The molecule has 0 bridgehead atoms. The van der Waals surface area contributed by atoms with Gasteiger partial charge < -0.3 is 15.3 Å². The third-order valence-electron chi connectivity index (χ3n) is 4.29. The first-order chi connectivity index (χ1) is 8.60. The van der Waals surface area contributed by atoms with E-state index in [0.717, 1.165) is 0 Å². The standard InChI is InChI=1S/C14H26N2O3/c1-8(2)9(16(5)6)7-15-12(17)10-11(13(18)19)14(10,3)4/h8-11H,7H2,1-6H3,(H,15,17)(H,18,19)/t9?,10-,11+/m1/s1. The number of carbonyl (C=O) groups is 2. The number of carboxylic acids is 1. The van der Waals surface area contributed by atoms with Gasteiger partial charge in [-0.3, -0.25) is 9.59 Å². The van der Waals surface area contributed by atoms with E-state index in [1.165, 1.54) is 0 Å². The molecule has 0 aromatic heterocycles. The second-order valence-electron chi connectivity index (χ2n) is 6.64. The van der Waals surface area contributed by atoms with Gasteiger partial charge in [0.15, 0.2) is 0 Å². The highest BCUT2D eigenvalue weighted by molar-refractivity contribution is 5.91. The molecule has 0 heterocycles. The molecule has 1 fully saturated rings. The van der Waals surface area contributed by atoms with Gasteiger partial charge in [0.1, 0.15) is 0 Å². The van der Waals surface area contributed by atoms with E-state index in [1.54, 1.807) is 0 Å². The zero-order valence-electron chi connectivity index (χ0n) is 12.7. The minimum atomic E-state index is -0.877. The number of aliphatic carboxylic acids is 1. The van der Waals surface area contributed by atoms with Gasteiger partial charge in [0.25, 0.3) is 0 Å². The van der Waals surface area contributed by atoms with Crippen molar-refractivity contribution in [3.05, 3.63) is 0 Å². The lowest BCUT2D eigenvalue weighted by atomic mass is 10.0. The Balaban J connectivity index is 2.56. The fourth-order valence-corrected chi connectivity index (χ4v) is 2.92. The summed E-state index contributed by atoms with van der Waals surface area (Å²) >= 11 is 0. The third-order valence-corrected chi connectivity index (χ3v) is 4.29. The van der Waals surface area contributed by atoms with Gasteiger partial charge in [-0.15, -0.1) is 0 Å². The Labute approximate surface area is 115 Å². The first kappa shape index (κ1) is 16.0. The fraction of sp³-hybridized carbons (Fsp3) is 0.857. The summed E-state index contributed by atoms with van der Waals surface area (Å²) in [6.45, 7) is 8.45. The molecular weight excluding hydrogens is 244 g/mol. The van der Waals surface area contributed by atoms with Crippen LogP contribution >= 0.6 is 0 Å². The molecule has 0 aromatic rings. The molecule has 0 spiro atoms. The van der Waals surface area contributed by atoms with Crippen molar-refractivity contribution in [2.45, 2.75) is 33.7 Å². The largest absolute Gasteiger partial charge is 0.481 e. The zero-order valence-corrected chi connectivity index (χ0v) is 12.7. The van der Waals surface area contributed by atoms with Gasteiger partial charge >= 0.3 is 5.97 Å². The van der Waals surface area contributed by atoms with Crippen LogP contribution in [0.5, 0.6) is 0 Å². The number of nitrogens with zero attached hydrogens (tertiary/aromatic N) is 1. The first-order valence-corrected chi connectivity index (χ1v) is 6.77. The Bertz CT molecular complexity index is 356. The Morgan fingerprint density at radius 3 is 2.11 bits per heavy atom. The number of rotatable bonds is 6. The van der Waals surface area contributed by atoms with Crippen LogP contribution in [0.15, 0.2) is 0 Å². The summed E-state index contributed by atoms with van der Waals surface area (Å²) in [6, 6.07) is 0.258. The van der Waals surface area contributed by atoms with Gasteiger partial charge in [-0.2, -0.15) is 0 Å². The normalized spacial score (nSPS) is 26.3. The Morgan fingerprint density at radius 2 is 1.79 bits per heavy atom. The molecule has 0 aromatic carbocycles. The molecule has 0 radical (unpaired) electrons. The van der Waals surface area contributed by atoms with Gasteiger partial charge in [0, 0.05) is 12.6 Å². The molecule has 5 nitrogen and oxygen atoms in total. The van der Waals surface area contributed by atoms with E-state index in [-0.39, 0.29) is 11.9 Å². The van der Waals surface area contributed by atoms with Crippen molar-refractivity contribution in [3.8, 4) is 0 Å². The van der Waals surface area contributed by atoms with Gasteiger partial charge in [0.05, 0.1) is 11.8 Å². The number of amides is 1. The molecule has 1 saturated carbocycles. The molecule has 1 unspecified atom stereocenters. The van der Waals surface area contributed by atoms with Gasteiger partial charge in [-0.05, 0) is 25.4 Å². The average Bonchev–Trinajstić information content (AvgIpc) is 2.80. The molecule has 1 aliphatic rings. The maximum absolute atomic E-state index is 12.1. The summed E-state index contributed by atoms with van der Waals surface area (Å²) < 4.78 is 0. The number of hydrogen-bond donors (Lipinski definition) is 2. The SMILES string of the molecule is CC(C)C(CNC(=O)[C@H]1[C@@H](C(=O)O)C1(C)C)N(C)C. The molecule has 5 heteroatoms. The number of carboxylic acid groups (broad SMARTS) is 1. The molecule has 0 aliphatic heterocycles. The van der Waals surface area contributed by atoms with E-state index in [0.29, 0.717) is 12.5 Å². The summed E-state index contributed by atoms with van der Waals surface area (Å²) in [5, 5.41) is 12.0. The lowest BCUT2D eigenvalue weighted by Gasteiger charge is -2.28. The van der Waals surface area contributed by atoms with Crippen molar-refractivity contribution in [1.82, 2.24) is 10.2 Å². The average molecular weight is 270 g/mol. The van der Waals surface area contributed by atoms with Crippen molar-refractivity contribution in [2.75, 3.05) is 20.6 Å². The number of hydrogen-bond acceptors (Lipinski definition) is 3. The highest BCUT2D eigenvalue weighted by Crippen LogP contribution is 2.58. The molecule has 1 rings (SSSR count). The Kier molecular flexibility index (Phi) is 4.61. The highest BCUT2D eigenvalue weighted by atomic mass is 16.4. The summed E-state index contributed by atoms with van der Waals surface area (Å²) in [7, 11) is 3.97. The molecule has 19 heavy (non-hydrogen) atoms. The second-order valence-corrected chi connectivity index (χ2v) is 6.64. The summed E-state index contributed by atoms with van der Waals surface area (Å²) in [4.78, 5) is 25.2. The first-order valence-electron chi connectivity index (χ1n) is 6.77. The predicted octanol–water partition coefficient (Wildman–Crippen LogP) is 1.05. The van der Waals surface area contributed by atoms with Crippen molar-refractivity contribution in [3.63, 3.8) is 0 Å². The lowest BCUT2D eigenvalue weighted by Crippen LogP contribution is -2.44. The van der Waals surface area contributed by atoms with Gasteiger partial charge in [0.2, 0.25) is 5.91 Å². The maximum Gasteiger partial charge on any atom is 0.307 e. The number of nitrogens with one attached hydrogen (secondary N) is 1. The summed E-state index contributed by atoms with van der Waals surface area (Å²) in [5.74, 6) is -1.54. The Morgan fingerprint density at radius 1 is 1.26 bits per heavy atom. The van der Waals surface area contributed by atoms with Crippen LogP contribution in [0.25, 0.3) is 0 Å². The van der Waals surface area contributed by atoms with Crippen molar-refractivity contribution >= 4 is 11.9 Å². The number of likely N-dealkylation sites (N-methyl/N-ethyl adjacent to an activating group) is 1. The van der Waals surface area contributed by atoms with E-state index in [4.69, 9.17) is 5.11 Å². The van der Waals surface area contributed by atoms with E-state index in [9.17, 15) is 9.59 Å². The minimum absolute atomic E-state index is 0.134. The van der Waals surface area contributed by atoms with Crippen LogP contribution in [0.1, 0.15) is 27.7 Å². The summed E-state index contributed by atoms with van der Waals surface area (Å²) in [5.41, 5.74) is -0.429. The molecular formula is C14H26N2O3. The van der Waals surface area contributed by atoms with Gasteiger partial charge in [-0.1, -0.05) is 27.7 Å². The van der Waals surface area contributed by atoms with E-state index in [1.807, 2.05) is 27.9 Å². The van der Waals surface area contributed by atoms with E-state index >= 15 is 0 Å². The third kappa shape index (κ3) is 3.26. The van der Waals surface area contributed by atoms with Crippen LogP contribution in [0, 0.1) is 23.2 Å². The number of carbonyl (C=O) groups excluding carboxylic acids is 1. The monoisotopic (exact) mass is 270 g/mol. The van der Waals surface area contributed by atoms with Crippen molar-refractivity contribution in [1.29, 1.82) is 0 Å². The smallest absolute Gasteiger partial charge is 0.307 e. The van der Waals surface area contributed by atoms with Crippen LogP contribution < -0.4 is 5.32 Å². The second kappa shape index (κ2) is 5.49. The molecule has 2 N–H and O–H groups in total. The van der Waals surface area contributed by atoms with Crippen LogP contribution in [0.3, 0.4) is 0 Å². The zero-order chi connectivity index (χ0) is 15.0. The van der Waals surface area contributed by atoms with Gasteiger partial charge in [-0.25, -0.2) is 0 Å². The molecule has 3 atom stereocenters.